The van der Waals surface area contributed by atoms with E-state index in [1.54, 1.807) is 6.33 Å². The second kappa shape index (κ2) is 7.80. The molecule has 0 aliphatic carbocycles. The van der Waals surface area contributed by atoms with Gasteiger partial charge in [0.05, 0.1) is 5.52 Å². The number of pyridine rings is 1. The second-order valence-corrected chi connectivity index (χ2v) is 7.26. The van der Waals surface area contributed by atoms with E-state index in [1.807, 2.05) is 66.4 Å². The van der Waals surface area contributed by atoms with Crippen LogP contribution in [-0.2, 0) is 0 Å². The number of hydrogen-bond acceptors (Lipinski definition) is 6. The zero-order valence-electron chi connectivity index (χ0n) is 16.2. The van der Waals surface area contributed by atoms with Crippen molar-refractivity contribution in [2.75, 3.05) is 37.4 Å². The molecule has 0 radical (unpaired) electrons. The van der Waals surface area contributed by atoms with Gasteiger partial charge >= 0.3 is 0 Å². The Hall–Kier alpha value is -3.22. The summed E-state index contributed by atoms with van der Waals surface area (Å²) in [5.41, 5.74) is 1.36. The first-order valence-corrected chi connectivity index (χ1v) is 9.51. The number of amides is 1. The Morgan fingerprint density at radius 2 is 1.89 bits per heavy atom. The summed E-state index contributed by atoms with van der Waals surface area (Å²) in [6, 6.07) is 13.9. The largest absolute Gasteiger partial charge is 0.367 e. The summed E-state index contributed by atoms with van der Waals surface area (Å²) in [6.07, 6.45) is 3.32. The van der Waals surface area contributed by atoms with Gasteiger partial charge in [-0.25, -0.2) is 15.0 Å². The van der Waals surface area contributed by atoms with Crippen molar-refractivity contribution < 1.29 is 4.79 Å². The molecular weight excluding hydrogens is 352 g/mol. The van der Waals surface area contributed by atoms with Crippen LogP contribution in [0.25, 0.3) is 10.9 Å². The number of nitrogens with zero attached hydrogens (tertiary/aromatic N) is 5. The van der Waals surface area contributed by atoms with Crippen molar-refractivity contribution in [2.24, 2.45) is 0 Å². The molecule has 1 fully saturated rings. The minimum absolute atomic E-state index is 0.00105. The van der Waals surface area contributed by atoms with Crippen LogP contribution in [0, 0.1) is 0 Å². The lowest BCUT2D eigenvalue weighted by atomic mass is 10.0. The number of piperidine rings is 1. The molecule has 2 aromatic heterocycles. The lowest BCUT2D eigenvalue weighted by molar-refractivity contribution is 0.0713. The number of rotatable bonds is 4. The van der Waals surface area contributed by atoms with E-state index in [4.69, 9.17) is 0 Å². The first-order valence-electron chi connectivity index (χ1n) is 9.51. The van der Waals surface area contributed by atoms with Crippen LogP contribution < -0.4 is 10.2 Å². The maximum atomic E-state index is 12.8. The molecule has 1 aromatic carbocycles. The highest BCUT2D eigenvalue weighted by molar-refractivity contribution is 5.95. The molecule has 28 heavy (non-hydrogen) atoms. The van der Waals surface area contributed by atoms with Gasteiger partial charge in [-0.15, -0.1) is 0 Å². The zero-order valence-corrected chi connectivity index (χ0v) is 16.2. The Bertz CT molecular complexity index is 981. The van der Waals surface area contributed by atoms with Crippen LogP contribution in [0.1, 0.15) is 23.3 Å². The fourth-order valence-corrected chi connectivity index (χ4v) is 3.45. The molecule has 1 saturated heterocycles. The minimum atomic E-state index is 0.00105. The maximum absolute atomic E-state index is 12.8. The van der Waals surface area contributed by atoms with Gasteiger partial charge < -0.3 is 15.1 Å². The van der Waals surface area contributed by atoms with E-state index in [-0.39, 0.29) is 5.91 Å². The fraction of sp³-hybridized carbons (Fsp3) is 0.333. The number of benzene rings is 1. The summed E-state index contributed by atoms with van der Waals surface area (Å²) in [6.45, 7) is 1.41. The molecule has 4 rings (SSSR count). The highest BCUT2D eigenvalue weighted by Gasteiger charge is 2.24. The first kappa shape index (κ1) is 18.2. The van der Waals surface area contributed by atoms with Gasteiger partial charge in [-0.05, 0) is 25.0 Å². The Labute approximate surface area is 164 Å². The number of aromatic nitrogens is 3. The fourth-order valence-electron chi connectivity index (χ4n) is 3.45. The number of carbonyl (C=O) groups excluding carboxylic acids is 1. The van der Waals surface area contributed by atoms with Crippen LogP contribution in [0.4, 0.5) is 11.6 Å². The molecule has 0 atom stereocenters. The third-order valence-corrected chi connectivity index (χ3v) is 5.06. The predicted molar refractivity (Wildman–Crippen MR) is 111 cm³/mol. The highest BCUT2D eigenvalue weighted by Crippen LogP contribution is 2.19. The molecule has 0 spiro atoms. The van der Waals surface area contributed by atoms with E-state index >= 15 is 0 Å². The monoisotopic (exact) mass is 376 g/mol. The van der Waals surface area contributed by atoms with Crippen LogP contribution in [0.15, 0.2) is 48.8 Å². The summed E-state index contributed by atoms with van der Waals surface area (Å²) >= 11 is 0. The SMILES string of the molecule is CN(C)c1cc(NC2CCN(C(=O)c3ccc4ccccc4n3)CC2)ncn1. The molecule has 7 heteroatoms. The zero-order chi connectivity index (χ0) is 19.5. The Kier molecular flexibility index (Phi) is 5.06. The first-order chi connectivity index (χ1) is 13.6. The predicted octanol–water partition coefficient (Wildman–Crippen LogP) is 2.81. The molecule has 0 bridgehead atoms. The van der Waals surface area contributed by atoms with E-state index < -0.39 is 0 Å². The van der Waals surface area contributed by atoms with Crippen molar-refractivity contribution in [3.8, 4) is 0 Å². The number of para-hydroxylation sites is 1. The summed E-state index contributed by atoms with van der Waals surface area (Å²) in [7, 11) is 3.91. The summed E-state index contributed by atoms with van der Waals surface area (Å²) in [4.78, 5) is 29.8. The average molecular weight is 376 g/mol. The average Bonchev–Trinajstić information content (AvgIpc) is 2.73. The van der Waals surface area contributed by atoms with Crippen LogP contribution in [0.3, 0.4) is 0 Å². The lowest BCUT2D eigenvalue weighted by Gasteiger charge is -2.32. The lowest BCUT2D eigenvalue weighted by Crippen LogP contribution is -2.42. The topological polar surface area (TPSA) is 74.2 Å². The van der Waals surface area contributed by atoms with E-state index in [9.17, 15) is 4.79 Å². The van der Waals surface area contributed by atoms with Crippen LogP contribution in [0.2, 0.25) is 0 Å². The van der Waals surface area contributed by atoms with Gasteiger partial charge in [-0.2, -0.15) is 0 Å². The molecule has 1 aliphatic heterocycles. The summed E-state index contributed by atoms with van der Waals surface area (Å²) in [5.74, 6) is 1.69. The van der Waals surface area contributed by atoms with E-state index in [0.29, 0.717) is 24.8 Å². The third kappa shape index (κ3) is 3.88. The van der Waals surface area contributed by atoms with Gasteiger partial charge in [0.25, 0.3) is 5.91 Å². The normalized spacial score (nSPS) is 14.9. The minimum Gasteiger partial charge on any atom is -0.367 e. The number of likely N-dealkylation sites (tertiary alicyclic amines) is 1. The molecule has 1 N–H and O–H groups in total. The van der Waals surface area contributed by atoms with Crippen molar-refractivity contribution in [3.05, 3.63) is 54.5 Å². The van der Waals surface area contributed by atoms with Gasteiger partial charge in [0.15, 0.2) is 0 Å². The van der Waals surface area contributed by atoms with Crippen molar-refractivity contribution in [1.29, 1.82) is 0 Å². The Morgan fingerprint density at radius 3 is 2.68 bits per heavy atom. The van der Waals surface area contributed by atoms with Crippen molar-refractivity contribution in [3.63, 3.8) is 0 Å². The van der Waals surface area contributed by atoms with Gasteiger partial charge in [-0.3, -0.25) is 4.79 Å². The van der Waals surface area contributed by atoms with Gasteiger partial charge in [0, 0.05) is 44.7 Å². The van der Waals surface area contributed by atoms with Crippen molar-refractivity contribution in [2.45, 2.75) is 18.9 Å². The number of carbonyl (C=O) groups is 1. The molecule has 1 aliphatic rings. The Balaban J connectivity index is 1.38. The van der Waals surface area contributed by atoms with E-state index in [1.165, 1.54) is 0 Å². The summed E-state index contributed by atoms with van der Waals surface area (Å²) in [5, 5.41) is 4.51. The van der Waals surface area contributed by atoms with Gasteiger partial charge in [0.1, 0.15) is 23.7 Å². The van der Waals surface area contributed by atoms with Crippen LogP contribution in [0.5, 0.6) is 0 Å². The number of fused-ring (bicyclic) bond motifs is 1. The standard InChI is InChI=1S/C21H24N6O/c1-26(2)20-13-19(22-14-23-20)24-16-9-11-27(12-10-16)21(28)18-8-7-15-5-3-4-6-17(15)25-18/h3-8,13-14,16H,9-12H2,1-2H3,(H,22,23,24). The maximum Gasteiger partial charge on any atom is 0.272 e. The number of nitrogens with one attached hydrogen (secondary N) is 1. The van der Waals surface area contributed by atoms with Crippen molar-refractivity contribution in [1.82, 2.24) is 19.9 Å². The van der Waals surface area contributed by atoms with Gasteiger partial charge in [0.2, 0.25) is 0 Å². The van der Waals surface area contributed by atoms with Crippen molar-refractivity contribution >= 4 is 28.4 Å². The van der Waals surface area contributed by atoms with Crippen LogP contribution >= 0.6 is 0 Å². The Morgan fingerprint density at radius 1 is 1.11 bits per heavy atom. The molecule has 3 aromatic rings. The number of anilines is 2. The molecule has 144 valence electrons. The molecule has 0 saturated carbocycles. The summed E-state index contributed by atoms with van der Waals surface area (Å²) < 4.78 is 0. The highest BCUT2D eigenvalue weighted by atomic mass is 16.2. The number of hydrogen-bond donors (Lipinski definition) is 1. The van der Waals surface area contributed by atoms with Crippen LogP contribution in [-0.4, -0.2) is 59.0 Å². The van der Waals surface area contributed by atoms with Gasteiger partial charge in [-0.1, -0.05) is 24.3 Å². The van der Waals surface area contributed by atoms with E-state index in [2.05, 4.69) is 20.3 Å². The molecule has 0 unspecified atom stereocenters. The molecule has 1 amide bonds. The molecular formula is C21H24N6O. The smallest absolute Gasteiger partial charge is 0.272 e. The third-order valence-electron chi connectivity index (χ3n) is 5.06. The molecule has 3 heterocycles. The second-order valence-electron chi connectivity index (χ2n) is 7.26. The quantitative estimate of drug-likeness (QED) is 0.755. The molecule has 7 nitrogen and oxygen atoms in total. The van der Waals surface area contributed by atoms with E-state index in [0.717, 1.165) is 35.4 Å².